The summed E-state index contributed by atoms with van der Waals surface area (Å²) in [6.07, 6.45) is 6.04. The fourth-order valence-electron chi connectivity index (χ4n) is 3.12. The van der Waals surface area contributed by atoms with Crippen molar-refractivity contribution in [3.8, 4) is 0 Å². The van der Waals surface area contributed by atoms with Gasteiger partial charge in [0.2, 0.25) is 5.91 Å². The van der Waals surface area contributed by atoms with E-state index in [1.54, 1.807) is 0 Å². The zero-order valence-electron chi connectivity index (χ0n) is 13.0. The number of carbonyl (C=O) groups is 1. The third-order valence-electron chi connectivity index (χ3n) is 4.24. The first kappa shape index (κ1) is 15.4. The average molecular weight is 317 g/mol. The van der Waals surface area contributed by atoms with E-state index in [2.05, 4.69) is 27.9 Å². The van der Waals surface area contributed by atoms with E-state index in [0.717, 1.165) is 35.6 Å². The second-order valence-electron chi connectivity index (χ2n) is 5.82. The number of amides is 1. The Labute approximate surface area is 135 Å². The van der Waals surface area contributed by atoms with E-state index in [0.29, 0.717) is 11.8 Å². The van der Waals surface area contributed by atoms with E-state index >= 15 is 0 Å². The van der Waals surface area contributed by atoms with Gasteiger partial charge in [0.1, 0.15) is 0 Å². The Kier molecular flexibility index (Phi) is 5.03. The molecule has 1 aromatic carbocycles. The highest BCUT2D eigenvalue weighted by Crippen LogP contribution is 2.24. The minimum absolute atomic E-state index is 0.131. The topological polar surface area (TPSA) is 46.9 Å². The van der Waals surface area contributed by atoms with Crippen molar-refractivity contribution in [2.75, 3.05) is 5.75 Å². The Hall–Kier alpha value is -1.49. The van der Waals surface area contributed by atoms with Crippen LogP contribution in [0.2, 0.25) is 0 Å². The molecular formula is C17H23N3OS. The third-order valence-corrected chi connectivity index (χ3v) is 5.21. The number of rotatable bonds is 5. The molecule has 4 nitrogen and oxygen atoms in total. The van der Waals surface area contributed by atoms with Gasteiger partial charge in [-0.05, 0) is 31.9 Å². The van der Waals surface area contributed by atoms with Crippen LogP contribution < -0.4 is 5.32 Å². The highest BCUT2D eigenvalue weighted by Gasteiger charge is 2.17. The van der Waals surface area contributed by atoms with E-state index in [1.807, 2.05) is 18.2 Å². The van der Waals surface area contributed by atoms with Crippen LogP contribution in [-0.2, 0) is 11.3 Å². The molecule has 0 atom stereocenters. The molecule has 0 radical (unpaired) electrons. The molecule has 1 aliphatic rings. The Morgan fingerprint density at radius 1 is 1.32 bits per heavy atom. The molecule has 0 unspecified atom stereocenters. The largest absolute Gasteiger partial charge is 0.353 e. The predicted octanol–water partition coefficient (Wildman–Crippen LogP) is 3.60. The van der Waals surface area contributed by atoms with Crippen molar-refractivity contribution >= 4 is 28.7 Å². The maximum Gasteiger partial charge on any atom is 0.230 e. The molecular weight excluding hydrogens is 294 g/mol. The van der Waals surface area contributed by atoms with Gasteiger partial charge in [0.05, 0.1) is 16.8 Å². The Morgan fingerprint density at radius 2 is 2.09 bits per heavy atom. The smallest absolute Gasteiger partial charge is 0.230 e. The maximum absolute atomic E-state index is 12.1. The first-order chi connectivity index (χ1) is 10.8. The zero-order chi connectivity index (χ0) is 15.4. The van der Waals surface area contributed by atoms with E-state index in [4.69, 9.17) is 0 Å². The first-order valence-electron chi connectivity index (χ1n) is 8.15. The summed E-state index contributed by atoms with van der Waals surface area (Å²) < 4.78 is 2.17. The minimum atomic E-state index is 0.131. The number of thioether (sulfide) groups is 1. The summed E-state index contributed by atoms with van der Waals surface area (Å²) in [5.41, 5.74) is 2.14. The number of benzene rings is 1. The van der Waals surface area contributed by atoms with Gasteiger partial charge >= 0.3 is 0 Å². The number of nitrogens with zero attached hydrogens (tertiary/aromatic N) is 2. The van der Waals surface area contributed by atoms with Crippen molar-refractivity contribution in [1.29, 1.82) is 0 Å². The molecule has 2 aromatic rings. The lowest BCUT2D eigenvalue weighted by Crippen LogP contribution is -2.37. The quantitative estimate of drug-likeness (QED) is 0.857. The number of hydrogen-bond acceptors (Lipinski definition) is 3. The normalized spacial score (nSPS) is 16.0. The summed E-state index contributed by atoms with van der Waals surface area (Å²) in [5, 5.41) is 4.10. The lowest BCUT2D eigenvalue weighted by atomic mass is 9.95. The zero-order valence-corrected chi connectivity index (χ0v) is 13.9. The van der Waals surface area contributed by atoms with Gasteiger partial charge in [0, 0.05) is 12.6 Å². The highest BCUT2D eigenvalue weighted by molar-refractivity contribution is 7.99. The number of aromatic nitrogens is 2. The van der Waals surface area contributed by atoms with Crippen molar-refractivity contribution in [3.05, 3.63) is 24.3 Å². The standard InChI is InChI=1S/C17H23N3OS/c1-2-20-15-11-7-6-10-14(15)19-17(20)22-12-16(21)18-13-8-4-3-5-9-13/h6-7,10-11,13H,2-5,8-9,12H2,1H3,(H,18,21). The molecule has 3 rings (SSSR count). The van der Waals surface area contributed by atoms with Crippen molar-refractivity contribution in [2.45, 2.75) is 56.8 Å². The number of fused-ring (bicyclic) bond motifs is 1. The number of imidazole rings is 1. The van der Waals surface area contributed by atoms with Crippen LogP contribution in [0.1, 0.15) is 39.0 Å². The number of carbonyl (C=O) groups excluding carboxylic acids is 1. The molecule has 1 saturated carbocycles. The van der Waals surface area contributed by atoms with Crippen LogP contribution in [0.15, 0.2) is 29.4 Å². The van der Waals surface area contributed by atoms with Gasteiger partial charge in [-0.3, -0.25) is 4.79 Å². The molecule has 1 fully saturated rings. The van der Waals surface area contributed by atoms with Crippen LogP contribution in [0.25, 0.3) is 11.0 Å². The number of aryl methyl sites for hydroxylation is 1. The third kappa shape index (κ3) is 3.46. The van der Waals surface area contributed by atoms with E-state index in [1.165, 1.54) is 31.0 Å². The molecule has 0 aliphatic heterocycles. The van der Waals surface area contributed by atoms with Crippen LogP contribution in [0.3, 0.4) is 0 Å². The monoisotopic (exact) mass is 317 g/mol. The van der Waals surface area contributed by atoms with Crippen molar-refractivity contribution in [1.82, 2.24) is 14.9 Å². The highest BCUT2D eigenvalue weighted by atomic mass is 32.2. The molecule has 1 amide bonds. The molecule has 118 valence electrons. The van der Waals surface area contributed by atoms with Crippen LogP contribution in [0.5, 0.6) is 0 Å². The van der Waals surface area contributed by atoms with Gasteiger partial charge in [0.25, 0.3) is 0 Å². The molecule has 0 saturated heterocycles. The predicted molar refractivity (Wildman–Crippen MR) is 91.1 cm³/mol. The fourth-order valence-corrected chi connectivity index (χ4v) is 4.01. The maximum atomic E-state index is 12.1. The molecule has 1 aromatic heterocycles. The Balaban J connectivity index is 1.62. The molecule has 5 heteroatoms. The molecule has 1 aliphatic carbocycles. The van der Waals surface area contributed by atoms with Crippen molar-refractivity contribution in [3.63, 3.8) is 0 Å². The first-order valence-corrected chi connectivity index (χ1v) is 9.14. The van der Waals surface area contributed by atoms with Crippen LogP contribution in [0, 0.1) is 0 Å². The van der Waals surface area contributed by atoms with Crippen molar-refractivity contribution < 1.29 is 4.79 Å². The van der Waals surface area contributed by atoms with Gasteiger partial charge in [-0.25, -0.2) is 4.98 Å². The van der Waals surface area contributed by atoms with Gasteiger partial charge in [-0.15, -0.1) is 0 Å². The van der Waals surface area contributed by atoms with Gasteiger partial charge in [0.15, 0.2) is 5.16 Å². The SMILES string of the molecule is CCn1c(SCC(=O)NC2CCCCC2)nc2ccccc21. The Morgan fingerprint density at radius 3 is 2.86 bits per heavy atom. The molecule has 0 bridgehead atoms. The van der Waals surface area contributed by atoms with Crippen molar-refractivity contribution in [2.24, 2.45) is 0 Å². The van der Waals surface area contributed by atoms with E-state index in [-0.39, 0.29) is 5.91 Å². The summed E-state index contributed by atoms with van der Waals surface area (Å²) in [5.74, 6) is 0.575. The summed E-state index contributed by atoms with van der Waals surface area (Å²) in [6, 6.07) is 8.51. The second-order valence-corrected chi connectivity index (χ2v) is 6.76. The molecule has 1 N–H and O–H groups in total. The Bertz CT molecular complexity index is 646. The summed E-state index contributed by atoms with van der Waals surface area (Å²) >= 11 is 1.53. The van der Waals surface area contributed by atoms with E-state index in [9.17, 15) is 4.79 Å². The molecule has 0 spiro atoms. The molecule has 1 heterocycles. The van der Waals surface area contributed by atoms with Crippen LogP contribution >= 0.6 is 11.8 Å². The second kappa shape index (κ2) is 7.18. The average Bonchev–Trinajstić information content (AvgIpc) is 2.91. The fraction of sp³-hybridized carbons (Fsp3) is 0.529. The molecule has 22 heavy (non-hydrogen) atoms. The van der Waals surface area contributed by atoms with Gasteiger partial charge in [-0.1, -0.05) is 43.2 Å². The summed E-state index contributed by atoms with van der Waals surface area (Å²) in [7, 11) is 0. The number of para-hydroxylation sites is 2. The lowest BCUT2D eigenvalue weighted by Gasteiger charge is -2.22. The van der Waals surface area contributed by atoms with Gasteiger partial charge < -0.3 is 9.88 Å². The van der Waals surface area contributed by atoms with Crippen LogP contribution in [-0.4, -0.2) is 27.3 Å². The number of hydrogen-bond donors (Lipinski definition) is 1. The van der Waals surface area contributed by atoms with Crippen LogP contribution in [0.4, 0.5) is 0 Å². The minimum Gasteiger partial charge on any atom is -0.353 e. The lowest BCUT2D eigenvalue weighted by molar-refractivity contribution is -0.119. The van der Waals surface area contributed by atoms with Gasteiger partial charge in [-0.2, -0.15) is 0 Å². The summed E-state index contributed by atoms with van der Waals surface area (Å²) in [6.45, 7) is 2.98. The number of nitrogens with one attached hydrogen (secondary N) is 1. The van der Waals surface area contributed by atoms with E-state index < -0.39 is 0 Å². The summed E-state index contributed by atoms with van der Waals surface area (Å²) in [4.78, 5) is 16.8.